The van der Waals surface area contributed by atoms with E-state index in [4.69, 9.17) is 21.5 Å². The van der Waals surface area contributed by atoms with Crippen LogP contribution in [0.4, 0.5) is 39.8 Å². The highest BCUT2D eigenvalue weighted by Gasteiger charge is 2.29. The number of fused-ring (bicyclic) bond motifs is 6. The number of anilines is 6. The number of nitrogens with zero attached hydrogens (tertiary/aromatic N) is 8. The van der Waals surface area contributed by atoms with Gasteiger partial charge >= 0.3 is 0 Å². The van der Waals surface area contributed by atoms with Crippen LogP contribution in [0, 0.1) is 20.4 Å². The van der Waals surface area contributed by atoms with E-state index >= 15 is 0 Å². The van der Waals surface area contributed by atoms with Crippen molar-refractivity contribution < 1.29 is 0 Å². The summed E-state index contributed by atoms with van der Waals surface area (Å²) in [5.41, 5.74) is 26.2. The molecule has 8 nitrogen and oxygen atoms in total. The monoisotopic (exact) mass is 1400 g/mol. The van der Waals surface area contributed by atoms with E-state index < -0.39 is 0 Å². The molecule has 0 aliphatic rings. The molecular formula is C100H90N8. The molecular weight excluding hydrogens is 1310 g/mol. The third-order valence-electron chi connectivity index (χ3n) is 21.2. The maximum atomic E-state index is 8.02. The SMILES string of the molecule is [C-]#[N+]c1ccc(-c2ccc(-n3c4ccc(C)cc4c4cc(N(c5ccccc5)c5ccccc5)ccc43)c(-c3cc(-c4nc(-c5cc(C(C)(C)C)cc(C(C)(C)C)c5)nc(-c5cc(C(C)(C)C)cc(C(C)(C)C)c5)n4)ccc3-n3c4ccc(C)cc4c4cc(N(c5ccccc5)c5ccccc5)ccc43)c2)cc1. The molecule has 0 amide bonds. The van der Waals surface area contributed by atoms with Gasteiger partial charge in [0.15, 0.2) is 23.2 Å². The van der Waals surface area contributed by atoms with Gasteiger partial charge < -0.3 is 18.9 Å². The number of rotatable bonds is 13. The number of aryl methyl sites for hydroxylation is 2. The zero-order valence-corrected chi connectivity index (χ0v) is 64.3. The van der Waals surface area contributed by atoms with Crippen LogP contribution in [0.3, 0.4) is 0 Å². The van der Waals surface area contributed by atoms with E-state index in [2.05, 4.69) is 400 Å². The van der Waals surface area contributed by atoms with E-state index in [1.165, 1.54) is 27.8 Å². The summed E-state index contributed by atoms with van der Waals surface area (Å²) in [5, 5.41) is 4.51. The highest BCUT2D eigenvalue weighted by molar-refractivity contribution is 6.14. The summed E-state index contributed by atoms with van der Waals surface area (Å²) in [5.74, 6) is 1.76. The molecule has 3 heterocycles. The highest BCUT2D eigenvalue weighted by atomic mass is 15.2. The zero-order valence-electron chi connectivity index (χ0n) is 64.3. The Morgan fingerprint density at radius 1 is 0.278 bits per heavy atom. The molecule has 0 saturated heterocycles. The minimum Gasteiger partial charge on any atom is -0.310 e. The van der Waals surface area contributed by atoms with Crippen molar-refractivity contribution in [1.29, 1.82) is 0 Å². The quantitative estimate of drug-likeness (QED) is 0.108. The Labute approximate surface area is 635 Å². The fourth-order valence-electron chi connectivity index (χ4n) is 15.2. The van der Waals surface area contributed by atoms with Crippen LogP contribution in [0.5, 0.6) is 0 Å². The Morgan fingerprint density at radius 2 is 0.583 bits per heavy atom. The maximum absolute atomic E-state index is 8.02. The first-order valence-corrected chi connectivity index (χ1v) is 37.6. The lowest BCUT2D eigenvalue weighted by Gasteiger charge is -2.26. The lowest BCUT2D eigenvalue weighted by Crippen LogP contribution is -2.17. The summed E-state index contributed by atoms with van der Waals surface area (Å²) in [6.07, 6.45) is 0. The zero-order chi connectivity index (χ0) is 75.1. The van der Waals surface area contributed by atoms with Crippen LogP contribution in [-0.2, 0) is 21.7 Å². The van der Waals surface area contributed by atoms with E-state index in [1.54, 1.807) is 0 Å². The predicted molar refractivity (Wildman–Crippen MR) is 456 cm³/mol. The highest BCUT2D eigenvalue weighted by Crippen LogP contribution is 2.48. The first kappa shape index (κ1) is 69.9. The maximum Gasteiger partial charge on any atom is 0.187 e. The standard InChI is InChI=1S/C100H90N8/c1-64-36-46-88-82(52-64)86-62-80(105(76-28-20-16-21-29-76)77-30-22-17-23-31-77)44-50-92(86)107(88)90-48-40-67(66-38-42-75(101-15)43-39-66)58-84(90)85-59-68(41-49-91(85)108-89-47-37-65(2)53-83(89)87-63-81(45-51-93(87)108)106(78-32-24-18-25-33-78)79-34-26-19-27-35-79)94-102-95(69-54-71(97(3,4)5)60-72(55-69)98(6,7)8)104-96(103-94)70-56-73(99(9,10)11)61-74(57-70)100(12,13)14/h16-63H,1-14H3. The van der Waals surface area contributed by atoms with Crippen molar-refractivity contribution >= 4 is 83.4 Å². The van der Waals surface area contributed by atoms with Crippen LogP contribution in [0.25, 0.3) is 116 Å². The molecule has 16 rings (SSSR count). The molecule has 0 N–H and O–H groups in total. The van der Waals surface area contributed by atoms with Crippen LogP contribution >= 0.6 is 0 Å². The fraction of sp³-hybridized carbons (Fsp3) is 0.180. The van der Waals surface area contributed by atoms with Crippen LogP contribution in [-0.4, -0.2) is 24.1 Å². The van der Waals surface area contributed by atoms with Crippen LogP contribution in [0.2, 0.25) is 0 Å². The van der Waals surface area contributed by atoms with Crippen LogP contribution in [0.15, 0.2) is 291 Å². The Kier molecular flexibility index (Phi) is 17.6. The second kappa shape index (κ2) is 27.2. The molecule has 13 aromatic carbocycles. The number of hydrogen-bond donors (Lipinski definition) is 0. The summed E-state index contributed by atoms with van der Waals surface area (Å²) in [6, 6.07) is 106. The molecule has 0 radical (unpaired) electrons. The number of hydrogen-bond acceptors (Lipinski definition) is 5. The molecule has 16 aromatic rings. The van der Waals surface area contributed by atoms with Crippen molar-refractivity contribution in [2.24, 2.45) is 0 Å². The van der Waals surface area contributed by atoms with Crippen LogP contribution in [0.1, 0.15) is 116 Å². The molecule has 0 atom stereocenters. The Hall–Kier alpha value is -12.4. The summed E-state index contributed by atoms with van der Waals surface area (Å²) < 4.78 is 4.96. The molecule has 0 spiro atoms. The van der Waals surface area contributed by atoms with Gasteiger partial charge in [-0.25, -0.2) is 19.8 Å². The smallest absolute Gasteiger partial charge is 0.187 e. The summed E-state index contributed by atoms with van der Waals surface area (Å²) >= 11 is 0. The van der Waals surface area contributed by atoms with Gasteiger partial charge in [0.2, 0.25) is 0 Å². The van der Waals surface area contributed by atoms with Crippen molar-refractivity contribution in [3.63, 3.8) is 0 Å². The third kappa shape index (κ3) is 13.3. The van der Waals surface area contributed by atoms with E-state index in [0.717, 1.165) is 134 Å². The number of para-hydroxylation sites is 4. The van der Waals surface area contributed by atoms with Crippen molar-refractivity contribution in [1.82, 2.24) is 24.1 Å². The lowest BCUT2D eigenvalue weighted by molar-refractivity contribution is 0.568. The molecule has 0 unspecified atom stereocenters. The molecule has 8 heteroatoms. The second-order valence-electron chi connectivity index (χ2n) is 33.2. The van der Waals surface area contributed by atoms with Gasteiger partial charge in [-0.2, -0.15) is 0 Å². The van der Waals surface area contributed by atoms with E-state index in [9.17, 15) is 0 Å². The largest absolute Gasteiger partial charge is 0.310 e. The van der Waals surface area contributed by atoms with Gasteiger partial charge in [0.25, 0.3) is 0 Å². The molecule has 530 valence electrons. The summed E-state index contributed by atoms with van der Waals surface area (Å²) in [6.45, 7) is 39.8. The van der Waals surface area contributed by atoms with Crippen molar-refractivity contribution in [2.75, 3.05) is 9.80 Å². The minimum atomic E-state index is -0.175. The summed E-state index contributed by atoms with van der Waals surface area (Å²) in [4.78, 5) is 25.7. The average Bonchev–Trinajstić information content (AvgIpc) is 1.55. The van der Waals surface area contributed by atoms with Gasteiger partial charge in [0, 0.05) is 83.5 Å². The normalized spacial score (nSPS) is 12.2. The lowest BCUT2D eigenvalue weighted by atomic mass is 9.79. The average molecular weight is 1400 g/mol. The first-order chi connectivity index (χ1) is 51.8. The topological polar surface area (TPSA) is 59.4 Å². The van der Waals surface area contributed by atoms with Crippen molar-refractivity contribution in [3.8, 4) is 67.8 Å². The van der Waals surface area contributed by atoms with Gasteiger partial charge in [0.05, 0.1) is 40.0 Å². The number of benzene rings is 13. The summed E-state index contributed by atoms with van der Waals surface area (Å²) in [7, 11) is 0. The Bertz CT molecular complexity index is 5930. The van der Waals surface area contributed by atoms with Crippen molar-refractivity contribution in [3.05, 3.63) is 336 Å². The number of aromatic nitrogens is 5. The Morgan fingerprint density at radius 3 is 0.926 bits per heavy atom. The predicted octanol–water partition coefficient (Wildman–Crippen LogP) is 27.7. The van der Waals surface area contributed by atoms with Gasteiger partial charge in [-0.3, -0.25) is 0 Å². The van der Waals surface area contributed by atoms with Crippen LogP contribution < -0.4 is 9.80 Å². The molecule has 0 fully saturated rings. The third-order valence-corrected chi connectivity index (χ3v) is 21.2. The van der Waals surface area contributed by atoms with Crippen molar-refractivity contribution in [2.45, 2.75) is 119 Å². The van der Waals surface area contributed by atoms with Gasteiger partial charge in [-0.15, -0.1) is 0 Å². The molecule has 0 bridgehead atoms. The minimum absolute atomic E-state index is 0.175. The van der Waals surface area contributed by atoms with Gasteiger partial charge in [-0.1, -0.05) is 222 Å². The second-order valence-corrected chi connectivity index (χ2v) is 33.2. The molecule has 108 heavy (non-hydrogen) atoms. The molecule has 0 saturated carbocycles. The molecule has 0 aliphatic heterocycles. The van der Waals surface area contributed by atoms with E-state index in [-0.39, 0.29) is 21.7 Å². The molecule has 3 aromatic heterocycles. The first-order valence-electron chi connectivity index (χ1n) is 37.6. The van der Waals surface area contributed by atoms with Gasteiger partial charge in [0.1, 0.15) is 0 Å². The molecule has 0 aliphatic carbocycles. The van der Waals surface area contributed by atoms with E-state index in [0.29, 0.717) is 23.2 Å². The fourth-order valence-corrected chi connectivity index (χ4v) is 15.2. The Balaban J connectivity index is 1.02. The van der Waals surface area contributed by atoms with E-state index in [1.807, 2.05) is 12.1 Å². The van der Waals surface area contributed by atoms with Gasteiger partial charge in [-0.05, 0) is 233 Å².